The molecular weight excluding hydrogens is 368 g/mol. The molecule has 0 unspecified atom stereocenters. The molecule has 2 saturated carbocycles. The number of rotatable bonds is 9. The molecule has 0 N–H and O–H groups in total. The van der Waals surface area contributed by atoms with Gasteiger partial charge in [0.1, 0.15) is 5.75 Å². The van der Waals surface area contributed by atoms with Gasteiger partial charge < -0.3 is 9.64 Å². The molecule has 0 saturated heterocycles. The van der Waals surface area contributed by atoms with E-state index in [1.807, 2.05) is 18.2 Å². The molecule has 0 radical (unpaired) electrons. The summed E-state index contributed by atoms with van der Waals surface area (Å²) in [5.74, 6) is 1.20. The highest BCUT2D eigenvalue weighted by molar-refractivity contribution is 7.09. The van der Waals surface area contributed by atoms with E-state index in [1.54, 1.807) is 18.4 Å². The molecule has 1 aromatic carbocycles. The molecule has 4 rings (SSSR count). The van der Waals surface area contributed by atoms with Crippen LogP contribution < -0.4 is 4.74 Å². The molecule has 0 spiro atoms. The first-order valence-electron chi connectivity index (χ1n) is 10.4. The van der Waals surface area contributed by atoms with E-state index >= 15 is 0 Å². The van der Waals surface area contributed by atoms with Crippen LogP contribution in [0.5, 0.6) is 5.75 Å². The van der Waals surface area contributed by atoms with Gasteiger partial charge in [0.2, 0.25) is 5.91 Å². The standard InChI is InChI=1S/C23H30N2O2S/c1-27-22-11-5-2-7-18(22)15-24(16-21-10-6-14-28-21)17-23(26)25(20-12-13-20)19-8-3-4-9-19/h2,5-7,10-11,14,19-20H,3-4,8-9,12-13,15-17H2,1H3. The van der Waals surface area contributed by atoms with Crippen LogP contribution >= 0.6 is 11.3 Å². The third-order valence-electron chi connectivity index (χ3n) is 5.85. The van der Waals surface area contributed by atoms with E-state index in [9.17, 15) is 4.79 Å². The fourth-order valence-corrected chi connectivity index (χ4v) is 5.12. The Balaban J connectivity index is 1.50. The quantitative estimate of drug-likeness (QED) is 0.614. The second kappa shape index (κ2) is 9.10. The van der Waals surface area contributed by atoms with Gasteiger partial charge in [-0.1, -0.05) is 37.1 Å². The highest BCUT2D eigenvalue weighted by Gasteiger charge is 2.38. The Morgan fingerprint density at radius 1 is 1.04 bits per heavy atom. The monoisotopic (exact) mass is 398 g/mol. The van der Waals surface area contributed by atoms with E-state index in [4.69, 9.17) is 4.74 Å². The summed E-state index contributed by atoms with van der Waals surface area (Å²) in [7, 11) is 1.71. The maximum atomic E-state index is 13.4. The minimum absolute atomic E-state index is 0.306. The van der Waals surface area contributed by atoms with Gasteiger partial charge in [0, 0.05) is 35.6 Å². The minimum atomic E-state index is 0.306. The number of hydrogen-bond acceptors (Lipinski definition) is 4. The zero-order valence-electron chi connectivity index (χ0n) is 16.7. The van der Waals surface area contributed by atoms with Crippen LogP contribution in [0, 0.1) is 0 Å². The molecule has 1 amide bonds. The average Bonchev–Trinajstić information content (AvgIpc) is 3.15. The van der Waals surface area contributed by atoms with Gasteiger partial charge in [-0.2, -0.15) is 0 Å². The van der Waals surface area contributed by atoms with Crippen molar-refractivity contribution < 1.29 is 9.53 Å². The molecule has 5 heteroatoms. The molecule has 4 nitrogen and oxygen atoms in total. The Labute approximate surface area is 172 Å². The van der Waals surface area contributed by atoms with Crippen LogP contribution in [0.15, 0.2) is 41.8 Å². The second-order valence-electron chi connectivity index (χ2n) is 8.01. The maximum absolute atomic E-state index is 13.4. The first-order valence-corrected chi connectivity index (χ1v) is 11.3. The topological polar surface area (TPSA) is 32.8 Å². The number of nitrogens with zero attached hydrogens (tertiary/aromatic N) is 2. The van der Waals surface area contributed by atoms with Crippen LogP contribution in [-0.4, -0.2) is 41.4 Å². The van der Waals surface area contributed by atoms with Crippen LogP contribution in [-0.2, 0) is 17.9 Å². The van der Waals surface area contributed by atoms with Gasteiger partial charge in [-0.05, 0) is 43.2 Å². The number of thiophene rings is 1. The normalized spacial score (nSPS) is 17.2. The molecule has 1 aromatic heterocycles. The van der Waals surface area contributed by atoms with Gasteiger partial charge >= 0.3 is 0 Å². The predicted molar refractivity (Wildman–Crippen MR) is 114 cm³/mol. The molecule has 0 bridgehead atoms. The molecule has 1 heterocycles. The highest BCUT2D eigenvalue weighted by Crippen LogP contribution is 2.34. The molecule has 28 heavy (non-hydrogen) atoms. The van der Waals surface area contributed by atoms with Crippen molar-refractivity contribution in [3.63, 3.8) is 0 Å². The van der Waals surface area contributed by atoms with Crippen molar-refractivity contribution in [2.24, 2.45) is 0 Å². The van der Waals surface area contributed by atoms with E-state index in [-0.39, 0.29) is 0 Å². The number of amides is 1. The van der Waals surface area contributed by atoms with E-state index in [1.165, 1.54) is 43.4 Å². The minimum Gasteiger partial charge on any atom is -0.496 e. The SMILES string of the molecule is COc1ccccc1CN(CC(=O)N(C1CCCC1)C1CC1)Cc1cccs1. The number of para-hydroxylation sites is 1. The smallest absolute Gasteiger partial charge is 0.237 e. The second-order valence-corrected chi connectivity index (χ2v) is 9.04. The third-order valence-corrected chi connectivity index (χ3v) is 6.71. The van der Waals surface area contributed by atoms with Gasteiger partial charge in [-0.25, -0.2) is 0 Å². The summed E-state index contributed by atoms with van der Waals surface area (Å²) in [5, 5.41) is 2.10. The van der Waals surface area contributed by atoms with Gasteiger partial charge in [-0.15, -0.1) is 11.3 Å². The van der Waals surface area contributed by atoms with Crippen molar-refractivity contribution in [3.8, 4) is 5.75 Å². The molecule has 2 fully saturated rings. The molecule has 2 aromatic rings. The summed E-state index contributed by atoms with van der Waals surface area (Å²) >= 11 is 1.75. The van der Waals surface area contributed by atoms with Gasteiger partial charge in [0.15, 0.2) is 0 Å². The molecule has 0 atom stereocenters. The average molecular weight is 399 g/mol. The van der Waals surface area contributed by atoms with Gasteiger partial charge in [0.05, 0.1) is 13.7 Å². The Morgan fingerprint density at radius 2 is 1.79 bits per heavy atom. The van der Waals surface area contributed by atoms with Crippen molar-refractivity contribution in [2.75, 3.05) is 13.7 Å². The largest absolute Gasteiger partial charge is 0.496 e. The number of carbonyl (C=O) groups excluding carboxylic acids is 1. The number of carbonyl (C=O) groups is 1. The molecule has 2 aliphatic carbocycles. The number of methoxy groups -OCH3 is 1. The summed E-state index contributed by atoms with van der Waals surface area (Å²) in [6, 6.07) is 13.3. The maximum Gasteiger partial charge on any atom is 0.237 e. The predicted octanol–water partition coefficient (Wildman–Crippen LogP) is 4.69. The summed E-state index contributed by atoms with van der Waals surface area (Å²) in [6.45, 7) is 1.99. The lowest BCUT2D eigenvalue weighted by Crippen LogP contribution is -2.45. The molecule has 0 aliphatic heterocycles. The Hall–Kier alpha value is -1.85. The molecular formula is C23H30N2O2S. The lowest BCUT2D eigenvalue weighted by Gasteiger charge is -2.32. The highest BCUT2D eigenvalue weighted by atomic mass is 32.1. The zero-order valence-corrected chi connectivity index (χ0v) is 17.5. The van der Waals surface area contributed by atoms with Gasteiger partial charge in [0.25, 0.3) is 0 Å². The van der Waals surface area contributed by atoms with Crippen molar-refractivity contribution in [2.45, 2.75) is 63.7 Å². The van der Waals surface area contributed by atoms with E-state index < -0.39 is 0 Å². The van der Waals surface area contributed by atoms with Crippen molar-refractivity contribution in [1.82, 2.24) is 9.80 Å². The number of benzene rings is 1. The number of hydrogen-bond donors (Lipinski definition) is 0. The lowest BCUT2D eigenvalue weighted by atomic mass is 10.1. The number of ether oxygens (including phenoxy) is 1. The van der Waals surface area contributed by atoms with Crippen LogP contribution in [0.2, 0.25) is 0 Å². The van der Waals surface area contributed by atoms with Crippen molar-refractivity contribution >= 4 is 17.2 Å². The zero-order chi connectivity index (χ0) is 19.3. The molecule has 2 aliphatic rings. The van der Waals surface area contributed by atoms with Crippen LogP contribution in [0.25, 0.3) is 0 Å². The fourth-order valence-electron chi connectivity index (χ4n) is 4.38. The van der Waals surface area contributed by atoms with Crippen LogP contribution in [0.1, 0.15) is 49.0 Å². The van der Waals surface area contributed by atoms with Crippen LogP contribution in [0.4, 0.5) is 0 Å². The van der Waals surface area contributed by atoms with Gasteiger partial charge in [-0.3, -0.25) is 9.69 Å². The third kappa shape index (κ3) is 4.76. The molecule has 150 valence electrons. The summed E-state index contributed by atoms with van der Waals surface area (Å²) in [5.41, 5.74) is 1.13. The Bertz CT molecular complexity index is 767. The first-order chi connectivity index (χ1) is 13.7. The van der Waals surface area contributed by atoms with Crippen LogP contribution in [0.3, 0.4) is 0 Å². The van der Waals surface area contributed by atoms with E-state index in [0.29, 0.717) is 24.5 Å². The first kappa shape index (κ1) is 19.5. The van der Waals surface area contributed by atoms with Crippen molar-refractivity contribution in [1.29, 1.82) is 0 Å². The summed E-state index contributed by atoms with van der Waals surface area (Å²) in [6.07, 6.45) is 7.25. The Morgan fingerprint density at radius 3 is 2.46 bits per heavy atom. The Kier molecular flexibility index (Phi) is 6.33. The summed E-state index contributed by atoms with van der Waals surface area (Å²) < 4.78 is 5.54. The van der Waals surface area contributed by atoms with Crippen molar-refractivity contribution in [3.05, 3.63) is 52.2 Å². The van der Waals surface area contributed by atoms with E-state index in [2.05, 4.69) is 33.4 Å². The lowest BCUT2D eigenvalue weighted by molar-refractivity contribution is -0.135. The van der Waals surface area contributed by atoms with E-state index in [0.717, 1.165) is 24.4 Å². The summed E-state index contributed by atoms with van der Waals surface area (Å²) in [4.78, 5) is 19.2. The fraction of sp³-hybridized carbons (Fsp3) is 0.522.